The van der Waals surface area contributed by atoms with Crippen molar-refractivity contribution in [1.29, 1.82) is 0 Å². The van der Waals surface area contributed by atoms with Crippen molar-refractivity contribution < 1.29 is 9.18 Å². The molecule has 170 valence electrons. The number of nitrogens with zero attached hydrogens (tertiary/aromatic N) is 5. The first-order valence-electron chi connectivity index (χ1n) is 10.7. The number of hydrogen-bond donors (Lipinski definition) is 1. The number of aromatic nitrogens is 5. The molecular formula is C24H25FN6OS. The number of anilines is 1. The van der Waals surface area contributed by atoms with Gasteiger partial charge >= 0.3 is 0 Å². The number of nitrogens with one attached hydrogen (secondary N) is 1. The van der Waals surface area contributed by atoms with E-state index in [-0.39, 0.29) is 17.8 Å². The third-order valence-electron chi connectivity index (χ3n) is 5.06. The molecule has 1 unspecified atom stereocenters. The molecule has 9 heteroatoms. The number of carbonyl (C=O) groups excluding carboxylic acids is 1. The fraction of sp³-hybridized carbons (Fsp3) is 0.250. The van der Waals surface area contributed by atoms with Gasteiger partial charge in [0.1, 0.15) is 11.6 Å². The van der Waals surface area contributed by atoms with E-state index in [9.17, 15) is 9.18 Å². The summed E-state index contributed by atoms with van der Waals surface area (Å²) in [5.41, 5.74) is 1.82. The standard InChI is InChI=1S/C24H25FN6OS/c1-16(2)31-21(13-14-26-31)27-23(32)17(3)33-24-29-28-22(19-9-11-20(25)12-10-19)30(24)15-18-7-5-4-6-8-18/h4-14,16-17H,15H2,1-3H3,(H,27,32). The molecule has 2 heterocycles. The first-order valence-corrected chi connectivity index (χ1v) is 11.5. The van der Waals surface area contributed by atoms with Crippen molar-refractivity contribution in [3.8, 4) is 11.4 Å². The summed E-state index contributed by atoms with van der Waals surface area (Å²) in [6.45, 7) is 6.36. The van der Waals surface area contributed by atoms with Crippen molar-refractivity contribution in [3.05, 3.63) is 78.2 Å². The third kappa shape index (κ3) is 5.31. The Morgan fingerprint density at radius 2 is 1.76 bits per heavy atom. The molecule has 1 atom stereocenters. The van der Waals surface area contributed by atoms with Crippen LogP contribution in [-0.4, -0.2) is 35.7 Å². The summed E-state index contributed by atoms with van der Waals surface area (Å²) in [6, 6.07) is 18.0. The Morgan fingerprint density at radius 3 is 2.45 bits per heavy atom. The van der Waals surface area contributed by atoms with Gasteiger partial charge in [-0.15, -0.1) is 10.2 Å². The van der Waals surface area contributed by atoms with E-state index in [1.165, 1.54) is 23.9 Å². The van der Waals surface area contributed by atoms with Gasteiger partial charge in [0.15, 0.2) is 11.0 Å². The molecule has 0 spiro atoms. The Labute approximate surface area is 196 Å². The highest BCUT2D eigenvalue weighted by Crippen LogP contribution is 2.28. The van der Waals surface area contributed by atoms with Crippen LogP contribution in [-0.2, 0) is 11.3 Å². The Hall–Kier alpha value is -3.46. The average Bonchev–Trinajstić information content (AvgIpc) is 3.42. The minimum Gasteiger partial charge on any atom is -0.310 e. The fourth-order valence-corrected chi connectivity index (χ4v) is 4.21. The molecule has 0 radical (unpaired) electrons. The van der Waals surface area contributed by atoms with Gasteiger partial charge < -0.3 is 5.32 Å². The highest BCUT2D eigenvalue weighted by atomic mass is 32.2. The van der Waals surface area contributed by atoms with Gasteiger partial charge in [0.25, 0.3) is 0 Å². The molecule has 4 rings (SSSR count). The molecule has 0 aliphatic rings. The van der Waals surface area contributed by atoms with E-state index >= 15 is 0 Å². The molecule has 2 aromatic carbocycles. The molecule has 0 aliphatic heterocycles. The second-order valence-corrected chi connectivity index (χ2v) is 9.20. The molecule has 33 heavy (non-hydrogen) atoms. The average molecular weight is 465 g/mol. The Bertz CT molecular complexity index is 1220. The van der Waals surface area contributed by atoms with E-state index in [2.05, 4.69) is 20.6 Å². The lowest BCUT2D eigenvalue weighted by Gasteiger charge is -2.15. The zero-order chi connectivity index (χ0) is 23.4. The predicted molar refractivity (Wildman–Crippen MR) is 128 cm³/mol. The number of amides is 1. The van der Waals surface area contributed by atoms with E-state index in [0.29, 0.717) is 23.3 Å². The van der Waals surface area contributed by atoms with Crippen LogP contribution in [0, 0.1) is 5.82 Å². The molecule has 1 amide bonds. The monoisotopic (exact) mass is 464 g/mol. The molecule has 0 saturated heterocycles. The van der Waals surface area contributed by atoms with Crippen LogP contribution >= 0.6 is 11.8 Å². The fourth-order valence-electron chi connectivity index (χ4n) is 3.36. The van der Waals surface area contributed by atoms with E-state index in [0.717, 1.165) is 11.1 Å². The summed E-state index contributed by atoms with van der Waals surface area (Å²) in [7, 11) is 0. The van der Waals surface area contributed by atoms with Crippen molar-refractivity contribution in [3.63, 3.8) is 0 Å². The van der Waals surface area contributed by atoms with Gasteiger partial charge in [-0.05, 0) is 50.6 Å². The molecule has 7 nitrogen and oxygen atoms in total. The normalized spacial score (nSPS) is 12.2. The SMILES string of the molecule is CC(Sc1nnc(-c2ccc(F)cc2)n1Cc1ccccc1)C(=O)Nc1ccnn1C(C)C. The van der Waals surface area contributed by atoms with Gasteiger partial charge in [-0.3, -0.25) is 9.36 Å². The maximum absolute atomic E-state index is 13.5. The second-order valence-electron chi connectivity index (χ2n) is 7.89. The number of hydrogen-bond acceptors (Lipinski definition) is 5. The first-order chi connectivity index (χ1) is 15.9. The zero-order valence-electron chi connectivity index (χ0n) is 18.6. The van der Waals surface area contributed by atoms with Crippen molar-refractivity contribution in [2.45, 2.75) is 43.8 Å². The van der Waals surface area contributed by atoms with Crippen LogP contribution in [0.5, 0.6) is 0 Å². The maximum Gasteiger partial charge on any atom is 0.238 e. The zero-order valence-corrected chi connectivity index (χ0v) is 19.5. The van der Waals surface area contributed by atoms with Crippen molar-refractivity contribution in [2.75, 3.05) is 5.32 Å². The minimum atomic E-state index is -0.430. The summed E-state index contributed by atoms with van der Waals surface area (Å²) in [5.74, 6) is 0.806. The number of benzene rings is 2. The maximum atomic E-state index is 13.5. The minimum absolute atomic E-state index is 0.130. The number of rotatable bonds is 8. The van der Waals surface area contributed by atoms with E-state index in [1.54, 1.807) is 29.1 Å². The summed E-state index contributed by atoms with van der Waals surface area (Å²) in [4.78, 5) is 12.9. The van der Waals surface area contributed by atoms with Gasteiger partial charge in [0.2, 0.25) is 5.91 Å². The first kappa shape index (κ1) is 22.7. The Balaban J connectivity index is 1.59. The van der Waals surface area contributed by atoms with Crippen LogP contribution in [0.4, 0.5) is 10.2 Å². The number of carbonyl (C=O) groups is 1. The number of thioether (sulfide) groups is 1. The summed E-state index contributed by atoms with van der Waals surface area (Å²) in [6.07, 6.45) is 1.67. The van der Waals surface area contributed by atoms with Crippen molar-refractivity contribution in [2.24, 2.45) is 0 Å². The lowest BCUT2D eigenvalue weighted by Crippen LogP contribution is -2.25. The Kier molecular flexibility index (Phi) is 6.88. The van der Waals surface area contributed by atoms with Crippen LogP contribution in [0.25, 0.3) is 11.4 Å². The summed E-state index contributed by atoms with van der Waals surface area (Å²) in [5, 5.41) is 16.1. The molecule has 1 N–H and O–H groups in total. The van der Waals surface area contributed by atoms with Crippen LogP contribution in [0.2, 0.25) is 0 Å². The summed E-state index contributed by atoms with van der Waals surface area (Å²) < 4.78 is 17.2. The van der Waals surface area contributed by atoms with Gasteiger partial charge in [0.05, 0.1) is 18.0 Å². The second kappa shape index (κ2) is 9.99. The molecule has 4 aromatic rings. The van der Waals surface area contributed by atoms with Gasteiger partial charge in [0, 0.05) is 17.7 Å². The van der Waals surface area contributed by atoms with Gasteiger partial charge in [-0.1, -0.05) is 42.1 Å². The molecular weight excluding hydrogens is 439 g/mol. The smallest absolute Gasteiger partial charge is 0.238 e. The lowest BCUT2D eigenvalue weighted by molar-refractivity contribution is -0.115. The topological polar surface area (TPSA) is 77.6 Å². The third-order valence-corrected chi connectivity index (χ3v) is 6.15. The van der Waals surface area contributed by atoms with Crippen molar-refractivity contribution >= 4 is 23.5 Å². The Morgan fingerprint density at radius 1 is 1.03 bits per heavy atom. The quantitative estimate of drug-likeness (QED) is 0.370. The largest absolute Gasteiger partial charge is 0.310 e. The van der Waals surface area contributed by atoms with Crippen LogP contribution < -0.4 is 5.32 Å². The van der Waals surface area contributed by atoms with E-state index in [4.69, 9.17) is 0 Å². The van der Waals surface area contributed by atoms with Gasteiger partial charge in [-0.2, -0.15) is 5.10 Å². The molecule has 0 saturated carbocycles. The number of halogens is 1. The molecule has 0 aliphatic carbocycles. The highest BCUT2D eigenvalue weighted by molar-refractivity contribution is 8.00. The predicted octanol–water partition coefficient (Wildman–Crippen LogP) is 5.03. The van der Waals surface area contributed by atoms with Crippen molar-refractivity contribution in [1.82, 2.24) is 24.5 Å². The molecule has 2 aromatic heterocycles. The van der Waals surface area contributed by atoms with E-state index < -0.39 is 5.25 Å². The van der Waals surface area contributed by atoms with Gasteiger partial charge in [-0.25, -0.2) is 9.07 Å². The van der Waals surface area contributed by atoms with Crippen LogP contribution in [0.15, 0.2) is 72.0 Å². The molecule has 0 bridgehead atoms. The molecule has 0 fully saturated rings. The highest BCUT2D eigenvalue weighted by Gasteiger charge is 2.22. The van der Waals surface area contributed by atoms with Crippen LogP contribution in [0.1, 0.15) is 32.4 Å². The van der Waals surface area contributed by atoms with Crippen LogP contribution in [0.3, 0.4) is 0 Å². The summed E-state index contributed by atoms with van der Waals surface area (Å²) >= 11 is 1.33. The lowest BCUT2D eigenvalue weighted by atomic mass is 10.2. The van der Waals surface area contributed by atoms with E-state index in [1.807, 2.05) is 55.7 Å².